The van der Waals surface area contributed by atoms with Gasteiger partial charge in [0, 0.05) is 11.3 Å². The lowest BCUT2D eigenvalue weighted by Gasteiger charge is -1.98. The lowest BCUT2D eigenvalue weighted by molar-refractivity contribution is 0.829. The molecule has 1 aromatic rings. The molecule has 1 unspecified atom stereocenters. The second kappa shape index (κ2) is 3.73. The van der Waals surface area contributed by atoms with Crippen molar-refractivity contribution in [2.45, 2.75) is 32.6 Å². The monoisotopic (exact) mass is 179 g/mol. The van der Waals surface area contributed by atoms with Crippen LogP contribution in [-0.2, 0) is 0 Å². The van der Waals surface area contributed by atoms with Crippen LogP contribution in [0.5, 0.6) is 0 Å². The zero-order valence-electron chi connectivity index (χ0n) is 7.66. The first-order valence-electron chi connectivity index (χ1n) is 4.06. The zero-order valence-corrected chi connectivity index (χ0v) is 8.48. The first kappa shape index (κ1) is 9.28. The third-order valence-electron chi connectivity index (χ3n) is 1.73. The van der Waals surface area contributed by atoms with E-state index >= 15 is 0 Å². The van der Waals surface area contributed by atoms with E-state index in [-0.39, 0.29) is 5.92 Å². The molecule has 0 bridgehead atoms. The Morgan fingerprint density at radius 3 is 2.58 bits per heavy atom. The Labute approximate surface area is 77.8 Å². The fourth-order valence-corrected chi connectivity index (χ4v) is 1.78. The zero-order chi connectivity index (χ0) is 9.14. The van der Waals surface area contributed by atoms with Crippen LogP contribution in [0, 0.1) is 12.3 Å². The molecular weight excluding hydrogens is 166 g/mol. The van der Waals surface area contributed by atoms with E-state index < -0.39 is 0 Å². The molecule has 0 radical (unpaired) electrons. The highest BCUT2D eigenvalue weighted by Gasteiger charge is 2.08. The predicted octanol–water partition coefficient (Wildman–Crippen LogP) is 3.00. The maximum Gasteiger partial charge on any atom is 0.0954 e. The number of nitrogens with zero attached hydrogens (tertiary/aromatic N) is 1. The van der Waals surface area contributed by atoms with Crippen molar-refractivity contribution in [2.24, 2.45) is 0 Å². The number of thiazole rings is 1. The SMILES string of the molecule is C#CC(C)c1csc(C(C)C)n1. The summed E-state index contributed by atoms with van der Waals surface area (Å²) in [6, 6.07) is 0. The van der Waals surface area contributed by atoms with E-state index in [2.05, 4.69) is 30.1 Å². The van der Waals surface area contributed by atoms with Gasteiger partial charge in [-0.25, -0.2) is 4.98 Å². The van der Waals surface area contributed by atoms with E-state index in [0.717, 1.165) is 5.69 Å². The van der Waals surface area contributed by atoms with Crippen LogP contribution >= 0.6 is 11.3 Å². The van der Waals surface area contributed by atoms with Gasteiger partial charge in [0.2, 0.25) is 0 Å². The van der Waals surface area contributed by atoms with Gasteiger partial charge < -0.3 is 0 Å². The molecular formula is C10H13NS. The van der Waals surface area contributed by atoms with Crippen molar-refractivity contribution in [2.75, 3.05) is 0 Å². The number of hydrogen-bond donors (Lipinski definition) is 0. The molecule has 1 aromatic heterocycles. The molecule has 12 heavy (non-hydrogen) atoms. The Morgan fingerprint density at radius 2 is 2.17 bits per heavy atom. The third-order valence-corrected chi connectivity index (χ3v) is 2.89. The molecule has 0 fully saturated rings. The van der Waals surface area contributed by atoms with Gasteiger partial charge in [0.1, 0.15) is 0 Å². The maximum absolute atomic E-state index is 5.30. The minimum Gasteiger partial charge on any atom is -0.245 e. The molecule has 0 spiro atoms. The Morgan fingerprint density at radius 1 is 1.50 bits per heavy atom. The van der Waals surface area contributed by atoms with Crippen LogP contribution in [0.1, 0.15) is 43.3 Å². The van der Waals surface area contributed by atoms with Gasteiger partial charge in [-0.15, -0.1) is 17.8 Å². The van der Waals surface area contributed by atoms with Crippen molar-refractivity contribution in [3.05, 3.63) is 16.1 Å². The Bertz CT molecular complexity index is 293. The van der Waals surface area contributed by atoms with Crippen LogP contribution in [0.15, 0.2) is 5.38 Å². The van der Waals surface area contributed by atoms with Crippen LogP contribution in [0.25, 0.3) is 0 Å². The number of rotatable bonds is 2. The quantitative estimate of drug-likeness (QED) is 0.636. The molecule has 64 valence electrons. The molecule has 0 aliphatic heterocycles. The summed E-state index contributed by atoms with van der Waals surface area (Å²) in [5.74, 6) is 3.33. The van der Waals surface area contributed by atoms with E-state index in [1.165, 1.54) is 5.01 Å². The number of hydrogen-bond acceptors (Lipinski definition) is 2. The van der Waals surface area contributed by atoms with Crippen LogP contribution in [0.4, 0.5) is 0 Å². The summed E-state index contributed by atoms with van der Waals surface area (Å²) >= 11 is 1.69. The molecule has 0 aliphatic carbocycles. The lowest BCUT2D eigenvalue weighted by atomic mass is 10.1. The van der Waals surface area contributed by atoms with Crippen LogP contribution < -0.4 is 0 Å². The highest BCUT2D eigenvalue weighted by atomic mass is 32.1. The van der Waals surface area contributed by atoms with Crippen LogP contribution in [-0.4, -0.2) is 4.98 Å². The minimum absolute atomic E-state index is 0.147. The molecule has 0 N–H and O–H groups in total. The van der Waals surface area contributed by atoms with Gasteiger partial charge in [0.05, 0.1) is 16.6 Å². The Balaban J connectivity index is 2.86. The van der Waals surface area contributed by atoms with Crippen LogP contribution in [0.2, 0.25) is 0 Å². The normalized spacial score (nSPS) is 12.9. The maximum atomic E-state index is 5.30. The van der Waals surface area contributed by atoms with E-state index in [4.69, 9.17) is 6.42 Å². The lowest BCUT2D eigenvalue weighted by Crippen LogP contribution is -1.91. The standard InChI is InChI=1S/C10H13NS/c1-5-8(4)9-6-12-10(11-9)7(2)3/h1,6-8H,2-4H3. The molecule has 1 heterocycles. The van der Waals surface area contributed by atoms with Crippen molar-refractivity contribution in [3.63, 3.8) is 0 Å². The van der Waals surface area contributed by atoms with E-state index in [1.54, 1.807) is 11.3 Å². The van der Waals surface area contributed by atoms with Gasteiger partial charge in [0.25, 0.3) is 0 Å². The third kappa shape index (κ3) is 1.86. The molecule has 0 amide bonds. The highest BCUT2D eigenvalue weighted by Crippen LogP contribution is 2.23. The topological polar surface area (TPSA) is 12.9 Å². The van der Waals surface area contributed by atoms with Gasteiger partial charge in [-0.2, -0.15) is 0 Å². The smallest absolute Gasteiger partial charge is 0.0954 e. The van der Waals surface area contributed by atoms with Crippen molar-refractivity contribution in [3.8, 4) is 12.3 Å². The second-order valence-corrected chi connectivity index (χ2v) is 4.04. The minimum atomic E-state index is 0.147. The summed E-state index contributed by atoms with van der Waals surface area (Å²) in [6.45, 7) is 6.28. The van der Waals surface area contributed by atoms with Gasteiger partial charge >= 0.3 is 0 Å². The van der Waals surface area contributed by atoms with E-state index in [0.29, 0.717) is 5.92 Å². The molecule has 2 heteroatoms. The van der Waals surface area contributed by atoms with Crippen molar-refractivity contribution in [1.82, 2.24) is 4.98 Å². The molecule has 1 atom stereocenters. The van der Waals surface area contributed by atoms with Crippen LogP contribution in [0.3, 0.4) is 0 Å². The summed E-state index contributed by atoms with van der Waals surface area (Å²) in [6.07, 6.45) is 5.30. The summed E-state index contributed by atoms with van der Waals surface area (Å²) in [4.78, 5) is 4.46. The average Bonchev–Trinajstić information content (AvgIpc) is 2.51. The molecule has 0 saturated heterocycles. The summed E-state index contributed by atoms with van der Waals surface area (Å²) in [5, 5.41) is 3.23. The summed E-state index contributed by atoms with van der Waals surface area (Å²) in [7, 11) is 0. The molecule has 1 nitrogen and oxygen atoms in total. The number of aromatic nitrogens is 1. The Hall–Kier alpha value is -0.810. The molecule has 1 rings (SSSR count). The van der Waals surface area contributed by atoms with Crippen molar-refractivity contribution < 1.29 is 0 Å². The second-order valence-electron chi connectivity index (χ2n) is 3.15. The first-order valence-corrected chi connectivity index (χ1v) is 4.94. The van der Waals surface area contributed by atoms with Crippen molar-refractivity contribution >= 4 is 11.3 Å². The molecule has 0 aromatic carbocycles. The predicted molar refractivity (Wildman–Crippen MR) is 53.5 cm³/mol. The van der Waals surface area contributed by atoms with E-state index in [9.17, 15) is 0 Å². The fraction of sp³-hybridized carbons (Fsp3) is 0.500. The molecule has 0 saturated carbocycles. The average molecular weight is 179 g/mol. The summed E-state index contributed by atoms with van der Waals surface area (Å²) in [5.41, 5.74) is 1.03. The number of terminal acetylenes is 1. The molecule has 0 aliphatic rings. The fourth-order valence-electron chi connectivity index (χ4n) is 0.850. The van der Waals surface area contributed by atoms with Gasteiger partial charge in [-0.3, -0.25) is 0 Å². The first-order chi connectivity index (χ1) is 5.65. The van der Waals surface area contributed by atoms with Crippen molar-refractivity contribution in [1.29, 1.82) is 0 Å². The van der Waals surface area contributed by atoms with Gasteiger partial charge in [-0.05, 0) is 6.92 Å². The Kier molecular flexibility index (Phi) is 2.88. The largest absolute Gasteiger partial charge is 0.245 e. The van der Waals surface area contributed by atoms with E-state index in [1.807, 2.05) is 6.92 Å². The van der Waals surface area contributed by atoms with Gasteiger partial charge in [-0.1, -0.05) is 19.8 Å². The highest BCUT2D eigenvalue weighted by molar-refractivity contribution is 7.09. The summed E-state index contributed by atoms with van der Waals surface area (Å²) < 4.78 is 0. The van der Waals surface area contributed by atoms with Gasteiger partial charge in [0.15, 0.2) is 0 Å².